The molecule has 0 atom stereocenters. The van der Waals surface area contributed by atoms with Crippen molar-refractivity contribution in [1.29, 1.82) is 15.4 Å². The monoisotopic (exact) mass is 198 g/mol. The van der Waals surface area contributed by atoms with Crippen LogP contribution in [-0.4, -0.2) is 29.4 Å². The van der Waals surface area contributed by atoms with Crippen molar-refractivity contribution in [3.8, 4) is 0 Å². The van der Waals surface area contributed by atoms with E-state index in [1.54, 1.807) is 7.05 Å². The third kappa shape index (κ3) is 2.50. The van der Waals surface area contributed by atoms with Crippen LogP contribution >= 0.6 is 11.4 Å². The Balaban J connectivity index is 2.25. The molecule has 1 fully saturated rings. The van der Waals surface area contributed by atoms with Gasteiger partial charge < -0.3 is 4.90 Å². The van der Waals surface area contributed by atoms with Crippen LogP contribution in [-0.2, 0) is 0 Å². The molecule has 1 aliphatic carbocycles. The Bertz CT molecular complexity index is 251. The zero-order valence-corrected chi connectivity index (χ0v) is 8.47. The lowest BCUT2D eigenvalue weighted by Gasteiger charge is -2.31. The minimum Gasteiger partial charge on any atom is -0.325 e. The lowest BCUT2D eigenvalue weighted by Crippen LogP contribution is -2.32. The third-order valence-electron chi connectivity index (χ3n) is 2.44. The summed E-state index contributed by atoms with van der Waals surface area (Å²) in [5.41, 5.74) is 0. The first-order valence-corrected chi connectivity index (χ1v) is 5.12. The van der Waals surface area contributed by atoms with Crippen LogP contribution in [0.5, 0.6) is 0 Å². The number of rotatable bonds is 3. The first-order valence-electron chi connectivity index (χ1n) is 4.28. The fourth-order valence-corrected chi connectivity index (χ4v) is 2.14. The van der Waals surface area contributed by atoms with Gasteiger partial charge in [-0.3, -0.25) is 10.8 Å². The van der Waals surface area contributed by atoms with Gasteiger partial charge in [0, 0.05) is 24.9 Å². The molecule has 72 valence electrons. The molecule has 0 radical (unpaired) electrons. The Morgan fingerprint density at radius 2 is 2.31 bits per heavy atom. The summed E-state index contributed by atoms with van der Waals surface area (Å²) >= 11 is 0.928. The van der Waals surface area contributed by atoms with Gasteiger partial charge in [-0.2, -0.15) is 4.61 Å². The summed E-state index contributed by atoms with van der Waals surface area (Å²) in [5.74, 6) is 1.01. The van der Waals surface area contributed by atoms with Crippen LogP contribution in [0, 0.1) is 21.3 Å². The molecular weight excluding hydrogens is 184 g/mol. The van der Waals surface area contributed by atoms with E-state index in [9.17, 15) is 0 Å². The second-order valence-electron chi connectivity index (χ2n) is 3.46. The first kappa shape index (κ1) is 10.2. The van der Waals surface area contributed by atoms with Gasteiger partial charge in [0.15, 0.2) is 0 Å². The maximum absolute atomic E-state index is 8.71. The van der Waals surface area contributed by atoms with Crippen molar-refractivity contribution in [3.05, 3.63) is 0 Å². The van der Waals surface area contributed by atoms with Crippen LogP contribution in [0.15, 0.2) is 0 Å². The number of nitrogens with one attached hydrogen (secondary N) is 2. The Kier molecular flexibility index (Phi) is 3.39. The van der Waals surface area contributed by atoms with Crippen molar-refractivity contribution in [2.24, 2.45) is 5.92 Å². The van der Waals surface area contributed by atoms with Crippen LogP contribution in [0.3, 0.4) is 0 Å². The summed E-state index contributed by atoms with van der Waals surface area (Å²) < 4.78 is 8.71. The average Bonchev–Trinajstić information content (AvgIpc) is 2.08. The summed E-state index contributed by atoms with van der Waals surface area (Å²) in [6, 6.07) is 0. The molecule has 0 saturated heterocycles. The topological polar surface area (TPSA) is 74.7 Å². The normalized spacial score (nSPS) is 25.8. The predicted molar refractivity (Wildman–Crippen MR) is 54.7 cm³/mol. The fraction of sp³-hybridized carbons (Fsp3) is 0.750. The number of hydrogen-bond acceptors (Lipinski definition) is 3. The SMILES string of the molecule is CN(C=N)C(=N)CC1CC(S#N)C1. The van der Waals surface area contributed by atoms with E-state index in [1.807, 2.05) is 0 Å². The van der Waals surface area contributed by atoms with Gasteiger partial charge in [0.05, 0.1) is 11.6 Å². The van der Waals surface area contributed by atoms with Crippen LogP contribution in [0.2, 0.25) is 0 Å². The van der Waals surface area contributed by atoms with Gasteiger partial charge in [0.25, 0.3) is 0 Å². The maximum Gasteiger partial charge on any atom is 0.101 e. The molecule has 1 rings (SSSR count). The highest BCUT2D eigenvalue weighted by molar-refractivity contribution is 7.86. The molecule has 0 aliphatic heterocycles. The standard InChI is InChI=1S/C8H14N4S/c1-12(5-9)8(10)4-6-2-7(3-6)13-11/h5-7,9-10H,2-4H2,1H3. The van der Waals surface area contributed by atoms with Crippen molar-refractivity contribution >= 4 is 23.6 Å². The zero-order valence-electron chi connectivity index (χ0n) is 7.66. The van der Waals surface area contributed by atoms with Crippen molar-refractivity contribution < 1.29 is 0 Å². The minimum absolute atomic E-state index is 0.378. The van der Waals surface area contributed by atoms with Gasteiger partial charge in [-0.15, -0.1) is 0 Å². The van der Waals surface area contributed by atoms with E-state index in [4.69, 9.17) is 15.4 Å². The smallest absolute Gasteiger partial charge is 0.101 e. The second kappa shape index (κ2) is 4.35. The van der Waals surface area contributed by atoms with Crippen LogP contribution < -0.4 is 0 Å². The zero-order chi connectivity index (χ0) is 9.84. The Hall–Kier alpha value is -0.930. The Morgan fingerprint density at radius 1 is 1.69 bits per heavy atom. The third-order valence-corrected chi connectivity index (χ3v) is 3.13. The van der Waals surface area contributed by atoms with E-state index in [2.05, 4.69) is 0 Å². The molecule has 0 spiro atoms. The minimum atomic E-state index is 0.378. The first-order chi connectivity index (χ1) is 6.17. The second-order valence-corrected chi connectivity index (χ2v) is 4.33. The summed E-state index contributed by atoms with van der Waals surface area (Å²) in [6.45, 7) is 0. The predicted octanol–water partition coefficient (Wildman–Crippen LogP) is 1.88. The molecule has 13 heavy (non-hydrogen) atoms. The van der Waals surface area contributed by atoms with E-state index >= 15 is 0 Å². The van der Waals surface area contributed by atoms with Gasteiger partial charge in [0.1, 0.15) is 5.84 Å². The fourth-order valence-electron chi connectivity index (χ4n) is 1.42. The molecule has 0 aromatic rings. The summed E-state index contributed by atoms with van der Waals surface area (Å²) in [7, 11) is 1.71. The van der Waals surface area contributed by atoms with Crippen LogP contribution in [0.1, 0.15) is 19.3 Å². The molecule has 0 amide bonds. The Morgan fingerprint density at radius 3 is 2.77 bits per heavy atom. The molecule has 2 N–H and O–H groups in total. The Labute approximate surface area is 81.9 Å². The highest BCUT2D eigenvalue weighted by atomic mass is 32.1. The maximum atomic E-state index is 8.71. The summed E-state index contributed by atoms with van der Waals surface area (Å²) in [6.07, 6.45) is 3.87. The molecular formula is C8H14N4S. The molecule has 0 unspecified atom stereocenters. The van der Waals surface area contributed by atoms with E-state index in [0.717, 1.165) is 37.0 Å². The highest BCUT2D eigenvalue weighted by Gasteiger charge is 2.29. The number of hydrogen-bond donors (Lipinski definition) is 2. The lowest BCUT2D eigenvalue weighted by molar-refractivity contribution is 0.335. The average molecular weight is 198 g/mol. The molecule has 1 aliphatic rings. The van der Waals surface area contributed by atoms with Crippen molar-refractivity contribution in [1.82, 2.24) is 4.90 Å². The molecule has 0 heterocycles. The van der Waals surface area contributed by atoms with E-state index < -0.39 is 0 Å². The highest BCUT2D eigenvalue weighted by Crippen LogP contribution is 2.35. The van der Waals surface area contributed by atoms with Crippen molar-refractivity contribution in [2.75, 3.05) is 7.05 Å². The molecule has 0 bridgehead atoms. The van der Waals surface area contributed by atoms with E-state index in [1.165, 1.54) is 4.90 Å². The quantitative estimate of drug-likeness (QED) is 0.536. The van der Waals surface area contributed by atoms with Gasteiger partial charge >= 0.3 is 0 Å². The molecule has 1 saturated carbocycles. The van der Waals surface area contributed by atoms with Gasteiger partial charge in [-0.05, 0) is 18.8 Å². The van der Waals surface area contributed by atoms with E-state index in [-0.39, 0.29) is 0 Å². The molecule has 4 nitrogen and oxygen atoms in total. The summed E-state index contributed by atoms with van der Waals surface area (Å²) in [5, 5.41) is 14.9. The largest absolute Gasteiger partial charge is 0.325 e. The molecule has 0 aromatic carbocycles. The number of nitrogens with zero attached hydrogens (tertiary/aromatic N) is 2. The van der Waals surface area contributed by atoms with Gasteiger partial charge in [0.2, 0.25) is 0 Å². The summed E-state index contributed by atoms with van der Waals surface area (Å²) in [4.78, 5) is 1.51. The van der Waals surface area contributed by atoms with Crippen molar-refractivity contribution in [3.63, 3.8) is 0 Å². The van der Waals surface area contributed by atoms with E-state index in [0.29, 0.717) is 17.0 Å². The van der Waals surface area contributed by atoms with Gasteiger partial charge in [-0.1, -0.05) is 0 Å². The van der Waals surface area contributed by atoms with Gasteiger partial charge in [-0.25, -0.2) is 0 Å². The van der Waals surface area contributed by atoms with Crippen LogP contribution in [0.25, 0.3) is 0 Å². The molecule has 5 heteroatoms. The number of amidine groups is 1. The molecule has 0 aromatic heterocycles. The lowest BCUT2D eigenvalue weighted by atomic mass is 9.82. The van der Waals surface area contributed by atoms with Crippen molar-refractivity contribution in [2.45, 2.75) is 24.5 Å². The van der Waals surface area contributed by atoms with Crippen LogP contribution in [0.4, 0.5) is 0 Å².